The van der Waals surface area contributed by atoms with Crippen molar-refractivity contribution in [1.29, 1.82) is 0 Å². The van der Waals surface area contributed by atoms with Crippen LogP contribution in [-0.2, 0) is 4.74 Å². The summed E-state index contributed by atoms with van der Waals surface area (Å²) in [6.07, 6.45) is 1.33. The van der Waals surface area contributed by atoms with Crippen molar-refractivity contribution >= 4 is 38.4 Å². The standard InChI is InChI=1S/C14H14BrClN2O3/c1-7-9(15)4-8-13(12(7)16)17-6-18(14(8)20)10-2-3-21-5-11(10)19/h4,6,10-11,19H,2-3,5H2,1H3/t10-,11-/m0/s1. The van der Waals surface area contributed by atoms with E-state index >= 15 is 0 Å². The van der Waals surface area contributed by atoms with Gasteiger partial charge in [0.15, 0.2) is 0 Å². The maximum Gasteiger partial charge on any atom is 0.261 e. The van der Waals surface area contributed by atoms with Gasteiger partial charge in [0.1, 0.15) is 0 Å². The Hall–Kier alpha value is -0.950. The van der Waals surface area contributed by atoms with Crippen LogP contribution in [0.1, 0.15) is 18.0 Å². The summed E-state index contributed by atoms with van der Waals surface area (Å²) >= 11 is 9.66. The fourth-order valence-electron chi connectivity index (χ4n) is 2.58. The quantitative estimate of drug-likeness (QED) is 0.834. The molecular formula is C14H14BrClN2O3. The number of aliphatic hydroxyl groups is 1. The lowest BCUT2D eigenvalue weighted by atomic mass is 10.1. The molecular weight excluding hydrogens is 360 g/mol. The van der Waals surface area contributed by atoms with Crippen LogP contribution in [0, 0.1) is 6.92 Å². The third-order valence-corrected chi connectivity index (χ3v) is 5.13. The van der Waals surface area contributed by atoms with Crippen LogP contribution in [0.3, 0.4) is 0 Å². The van der Waals surface area contributed by atoms with Crippen LogP contribution in [0.15, 0.2) is 21.7 Å². The lowest BCUT2D eigenvalue weighted by molar-refractivity contribution is -0.0395. The second-order valence-electron chi connectivity index (χ2n) is 5.15. The third kappa shape index (κ3) is 2.50. The van der Waals surface area contributed by atoms with Gasteiger partial charge in [-0.15, -0.1) is 0 Å². The number of hydrogen-bond acceptors (Lipinski definition) is 4. The van der Waals surface area contributed by atoms with Crippen LogP contribution in [0.25, 0.3) is 10.9 Å². The molecule has 1 aliphatic rings. The summed E-state index contributed by atoms with van der Waals surface area (Å²) < 4.78 is 7.45. The van der Waals surface area contributed by atoms with Crippen molar-refractivity contribution in [2.75, 3.05) is 13.2 Å². The molecule has 5 nitrogen and oxygen atoms in total. The number of benzene rings is 1. The van der Waals surface area contributed by atoms with Gasteiger partial charge in [0.2, 0.25) is 0 Å². The predicted octanol–water partition coefficient (Wildman–Crippen LogP) is 2.44. The van der Waals surface area contributed by atoms with E-state index in [4.69, 9.17) is 16.3 Å². The van der Waals surface area contributed by atoms with Crippen LogP contribution >= 0.6 is 27.5 Å². The fraction of sp³-hybridized carbons (Fsp3) is 0.429. The highest BCUT2D eigenvalue weighted by Gasteiger charge is 2.27. The zero-order valence-electron chi connectivity index (χ0n) is 11.3. The van der Waals surface area contributed by atoms with Crippen molar-refractivity contribution in [2.45, 2.75) is 25.5 Å². The summed E-state index contributed by atoms with van der Waals surface area (Å²) in [6.45, 7) is 2.61. The van der Waals surface area contributed by atoms with Crippen LogP contribution < -0.4 is 5.56 Å². The van der Waals surface area contributed by atoms with Crippen LogP contribution in [-0.4, -0.2) is 34.0 Å². The van der Waals surface area contributed by atoms with Gasteiger partial charge in [0.05, 0.1) is 41.0 Å². The number of aromatic nitrogens is 2. The fourth-order valence-corrected chi connectivity index (χ4v) is 3.37. The zero-order valence-corrected chi connectivity index (χ0v) is 13.7. The number of ether oxygens (including phenoxy) is 1. The Labute approximate surface area is 134 Å². The van der Waals surface area contributed by atoms with Gasteiger partial charge >= 0.3 is 0 Å². The average Bonchev–Trinajstić information content (AvgIpc) is 2.47. The Morgan fingerprint density at radius 1 is 1.57 bits per heavy atom. The summed E-state index contributed by atoms with van der Waals surface area (Å²) in [7, 11) is 0. The average molecular weight is 374 g/mol. The molecule has 0 saturated carbocycles. The van der Waals surface area contributed by atoms with E-state index in [2.05, 4.69) is 20.9 Å². The lowest BCUT2D eigenvalue weighted by Crippen LogP contribution is -2.39. The number of rotatable bonds is 1. The van der Waals surface area contributed by atoms with Gasteiger partial charge < -0.3 is 9.84 Å². The van der Waals surface area contributed by atoms with Gasteiger partial charge in [-0.25, -0.2) is 4.98 Å². The monoisotopic (exact) mass is 372 g/mol. The summed E-state index contributed by atoms with van der Waals surface area (Å²) in [6, 6.07) is 1.41. The van der Waals surface area contributed by atoms with Crippen molar-refractivity contribution < 1.29 is 9.84 Å². The molecule has 0 unspecified atom stereocenters. The first-order valence-electron chi connectivity index (χ1n) is 6.62. The van der Waals surface area contributed by atoms with Gasteiger partial charge in [-0.05, 0) is 25.0 Å². The van der Waals surface area contributed by atoms with Gasteiger partial charge in [0.25, 0.3) is 5.56 Å². The predicted molar refractivity (Wildman–Crippen MR) is 83.9 cm³/mol. The van der Waals surface area contributed by atoms with E-state index in [1.54, 1.807) is 6.07 Å². The first kappa shape index (κ1) is 15.0. The Morgan fingerprint density at radius 2 is 2.33 bits per heavy atom. The number of fused-ring (bicyclic) bond motifs is 1. The molecule has 1 aliphatic heterocycles. The van der Waals surface area contributed by atoms with Crippen molar-refractivity contribution in [3.05, 3.63) is 37.8 Å². The molecule has 1 saturated heterocycles. The summed E-state index contributed by atoms with van der Waals surface area (Å²) in [5, 5.41) is 10.9. The molecule has 0 radical (unpaired) electrons. The van der Waals surface area contributed by atoms with Crippen molar-refractivity contribution in [2.24, 2.45) is 0 Å². The highest BCUT2D eigenvalue weighted by Crippen LogP contribution is 2.30. The number of aliphatic hydroxyl groups excluding tert-OH is 1. The molecule has 0 bridgehead atoms. The van der Waals surface area contributed by atoms with Gasteiger partial charge in [-0.3, -0.25) is 9.36 Å². The van der Waals surface area contributed by atoms with Crippen molar-refractivity contribution in [3.63, 3.8) is 0 Å². The molecule has 21 heavy (non-hydrogen) atoms. The zero-order chi connectivity index (χ0) is 15.1. The normalized spacial score (nSPS) is 22.7. The topological polar surface area (TPSA) is 64.3 Å². The molecule has 2 heterocycles. The van der Waals surface area contributed by atoms with Crippen molar-refractivity contribution in [3.8, 4) is 0 Å². The molecule has 7 heteroatoms. The molecule has 0 amide bonds. The number of halogens is 2. The third-order valence-electron chi connectivity index (χ3n) is 3.85. The SMILES string of the molecule is Cc1c(Br)cc2c(=O)n([C@H]3CCOC[C@@H]3O)cnc2c1Cl. The molecule has 0 spiro atoms. The highest BCUT2D eigenvalue weighted by molar-refractivity contribution is 9.10. The van der Waals surface area contributed by atoms with E-state index in [0.29, 0.717) is 29.0 Å². The van der Waals surface area contributed by atoms with E-state index < -0.39 is 6.10 Å². The van der Waals surface area contributed by atoms with E-state index in [1.165, 1.54) is 10.9 Å². The highest BCUT2D eigenvalue weighted by atomic mass is 79.9. The summed E-state index contributed by atoms with van der Waals surface area (Å²) in [4.78, 5) is 17.0. The second kappa shape index (κ2) is 5.68. The Kier molecular flexibility index (Phi) is 4.05. The molecule has 2 aromatic rings. The Balaban J connectivity index is 2.21. The van der Waals surface area contributed by atoms with Crippen LogP contribution in [0.5, 0.6) is 0 Å². The van der Waals surface area contributed by atoms with Gasteiger partial charge in [0, 0.05) is 11.1 Å². The van der Waals surface area contributed by atoms with E-state index in [0.717, 1.165) is 10.0 Å². The number of hydrogen-bond donors (Lipinski definition) is 1. The Bertz CT molecular complexity index is 762. The van der Waals surface area contributed by atoms with E-state index in [1.807, 2.05) is 6.92 Å². The van der Waals surface area contributed by atoms with Crippen LogP contribution in [0.4, 0.5) is 0 Å². The minimum atomic E-state index is -0.708. The smallest absolute Gasteiger partial charge is 0.261 e. The minimum absolute atomic E-state index is 0.200. The molecule has 112 valence electrons. The molecule has 2 atom stereocenters. The largest absolute Gasteiger partial charge is 0.389 e. The first-order valence-corrected chi connectivity index (χ1v) is 7.79. The Morgan fingerprint density at radius 3 is 3.05 bits per heavy atom. The van der Waals surface area contributed by atoms with Gasteiger partial charge in [-0.2, -0.15) is 0 Å². The molecule has 3 rings (SSSR count). The molecule has 1 fully saturated rings. The first-order chi connectivity index (χ1) is 10.0. The molecule has 1 aromatic heterocycles. The maximum absolute atomic E-state index is 12.7. The molecule has 1 aromatic carbocycles. The number of nitrogens with zero attached hydrogens (tertiary/aromatic N) is 2. The summed E-state index contributed by atoms with van der Waals surface area (Å²) in [5.41, 5.74) is 1.13. The minimum Gasteiger partial charge on any atom is -0.389 e. The van der Waals surface area contributed by atoms with Crippen LogP contribution in [0.2, 0.25) is 5.02 Å². The van der Waals surface area contributed by atoms with E-state index in [-0.39, 0.29) is 18.2 Å². The maximum atomic E-state index is 12.7. The second-order valence-corrected chi connectivity index (χ2v) is 6.38. The van der Waals surface area contributed by atoms with Crippen molar-refractivity contribution in [1.82, 2.24) is 9.55 Å². The molecule has 1 N–H and O–H groups in total. The summed E-state index contributed by atoms with van der Waals surface area (Å²) in [5.74, 6) is 0. The molecule has 0 aliphatic carbocycles. The van der Waals surface area contributed by atoms with Gasteiger partial charge in [-0.1, -0.05) is 27.5 Å². The van der Waals surface area contributed by atoms with E-state index in [9.17, 15) is 9.90 Å². The lowest BCUT2D eigenvalue weighted by Gasteiger charge is -2.29.